The number of aromatic nitrogens is 3. The Hall–Kier alpha value is -2.80. The zero-order valence-electron chi connectivity index (χ0n) is 12.6. The van der Waals surface area contributed by atoms with Crippen LogP contribution in [0.1, 0.15) is 21.1 Å². The molecule has 0 aliphatic heterocycles. The number of nitrogens with zero attached hydrogens (tertiary/aromatic N) is 3. The van der Waals surface area contributed by atoms with Gasteiger partial charge < -0.3 is 10.4 Å². The lowest BCUT2D eigenvalue weighted by Gasteiger charge is -2.06. The summed E-state index contributed by atoms with van der Waals surface area (Å²) in [4.78, 5) is 25.0. The fourth-order valence-corrected chi connectivity index (χ4v) is 3.03. The number of carboxylic acids is 1. The van der Waals surface area contributed by atoms with Crippen LogP contribution < -0.4 is 5.32 Å². The van der Waals surface area contributed by atoms with Crippen LogP contribution in [0.4, 0.5) is 11.6 Å². The van der Waals surface area contributed by atoms with E-state index in [2.05, 4.69) is 20.3 Å². The van der Waals surface area contributed by atoms with Gasteiger partial charge in [-0.15, -0.1) is 11.3 Å². The number of carboxylic acid groups (broad SMARTS) is 1. The Labute approximate surface area is 136 Å². The highest BCUT2D eigenvalue weighted by Crippen LogP contribution is 2.28. The van der Waals surface area contributed by atoms with Crippen LogP contribution in [-0.2, 0) is 0 Å². The first kappa shape index (κ1) is 15.1. The summed E-state index contributed by atoms with van der Waals surface area (Å²) in [6, 6.07) is 8.28. The van der Waals surface area contributed by atoms with Crippen LogP contribution in [0.2, 0.25) is 0 Å². The topological polar surface area (TPSA) is 88.0 Å². The molecule has 3 aromatic rings. The minimum absolute atomic E-state index is 0.237. The van der Waals surface area contributed by atoms with Gasteiger partial charge in [0.1, 0.15) is 0 Å². The first-order valence-electron chi connectivity index (χ1n) is 6.91. The Morgan fingerprint density at radius 2 is 1.87 bits per heavy atom. The fraction of sp³-hybridized carbons (Fsp3) is 0.125. The number of carbonyl (C=O) groups is 1. The van der Waals surface area contributed by atoms with Crippen LogP contribution in [-0.4, -0.2) is 26.0 Å². The van der Waals surface area contributed by atoms with Crippen LogP contribution in [0.25, 0.3) is 10.6 Å². The van der Waals surface area contributed by atoms with Crippen molar-refractivity contribution >= 4 is 28.9 Å². The van der Waals surface area contributed by atoms with E-state index in [0.29, 0.717) is 5.95 Å². The molecule has 0 saturated carbocycles. The number of nitrogens with one attached hydrogen (secondary N) is 1. The van der Waals surface area contributed by atoms with Crippen molar-refractivity contribution in [1.29, 1.82) is 0 Å². The van der Waals surface area contributed by atoms with Crippen LogP contribution >= 0.6 is 11.3 Å². The summed E-state index contributed by atoms with van der Waals surface area (Å²) in [5.74, 6) is -0.498. The third-order valence-corrected chi connectivity index (χ3v) is 4.28. The van der Waals surface area contributed by atoms with Crippen molar-refractivity contribution in [3.8, 4) is 10.6 Å². The summed E-state index contributed by atoms with van der Waals surface area (Å²) < 4.78 is 0. The molecule has 116 valence electrons. The van der Waals surface area contributed by atoms with Crippen LogP contribution in [0.5, 0.6) is 0 Å². The first-order valence-corrected chi connectivity index (χ1v) is 7.72. The van der Waals surface area contributed by atoms with E-state index >= 15 is 0 Å². The molecule has 0 aliphatic rings. The second kappa shape index (κ2) is 6.13. The summed E-state index contributed by atoms with van der Waals surface area (Å²) in [7, 11) is 0. The smallest absolute Gasteiger partial charge is 0.335 e. The van der Waals surface area contributed by atoms with Gasteiger partial charge in [-0.2, -0.15) is 0 Å². The maximum Gasteiger partial charge on any atom is 0.335 e. The number of aryl methyl sites for hydroxylation is 2. The molecule has 0 radical (unpaired) electrons. The minimum atomic E-state index is -0.953. The zero-order chi connectivity index (χ0) is 16.4. The molecule has 0 aliphatic carbocycles. The third-order valence-electron chi connectivity index (χ3n) is 3.18. The second-order valence-corrected chi connectivity index (χ2v) is 6.12. The van der Waals surface area contributed by atoms with Gasteiger partial charge in [-0.25, -0.2) is 19.7 Å². The highest BCUT2D eigenvalue weighted by Gasteiger charge is 2.10. The summed E-state index contributed by atoms with van der Waals surface area (Å²) in [6.45, 7) is 3.92. The van der Waals surface area contributed by atoms with Gasteiger partial charge in [0.2, 0.25) is 5.95 Å². The normalized spacial score (nSPS) is 10.5. The van der Waals surface area contributed by atoms with Crippen LogP contribution in [0.3, 0.4) is 0 Å². The van der Waals surface area contributed by atoms with Crippen molar-refractivity contribution in [1.82, 2.24) is 15.0 Å². The molecular formula is C16H14N4O2S. The molecule has 6 nitrogen and oxygen atoms in total. The molecule has 0 atom stereocenters. The highest BCUT2D eigenvalue weighted by molar-refractivity contribution is 7.15. The lowest BCUT2D eigenvalue weighted by Crippen LogP contribution is -1.99. The van der Waals surface area contributed by atoms with E-state index < -0.39 is 5.97 Å². The van der Waals surface area contributed by atoms with Crippen LogP contribution in [0, 0.1) is 13.8 Å². The van der Waals surface area contributed by atoms with Crippen LogP contribution in [0.15, 0.2) is 36.5 Å². The number of thiazole rings is 1. The van der Waals surface area contributed by atoms with Crippen molar-refractivity contribution in [2.75, 3.05) is 5.32 Å². The fourth-order valence-electron chi connectivity index (χ4n) is 2.14. The molecular weight excluding hydrogens is 312 g/mol. The predicted molar refractivity (Wildman–Crippen MR) is 89.3 cm³/mol. The second-order valence-electron chi connectivity index (χ2n) is 4.92. The highest BCUT2D eigenvalue weighted by atomic mass is 32.1. The van der Waals surface area contributed by atoms with Crippen molar-refractivity contribution in [3.05, 3.63) is 52.8 Å². The largest absolute Gasteiger partial charge is 0.478 e. The van der Waals surface area contributed by atoms with Gasteiger partial charge in [0.05, 0.1) is 26.8 Å². The maximum atomic E-state index is 10.9. The van der Waals surface area contributed by atoms with Gasteiger partial charge in [0.15, 0.2) is 0 Å². The van der Waals surface area contributed by atoms with Crippen molar-refractivity contribution < 1.29 is 9.90 Å². The number of benzene rings is 1. The molecule has 3 rings (SSSR count). The third kappa shape index (κ3) is 3.35. The molecule has 0 unspecified atom stereocenters. The standard InChI is InChI=1S/C16H14N4O2S/c1-9-14(23-10(2)18-9)13-7-8-17-16(20-13)19-12-5-3-11(4-6-12)15(21)22/h3-8H,1-2H3,(H,21,22)(H,17,19,20). The first-order chi connectivity index (χ1) is 11.0. The number of rotatable bonds is 4. The van der Waals surface area contributed by atoms with E-state index in [1.165, 1.54) is 12.1 Å². The molecule has 2 N–H and O–H groups in total. The van der Waals surface area contributed by atoms with Gasteiger partial charge in [-0.05, 0) is 44.2 Å². The minimum Gasteiger partial charge on any atom is -0.478 e. The van der Waals surface area contributed by atoms with E-state index in [0.717, 1.165) is 27.0 Å². The van der Waals surface area contributed by atoms with Gasteiger partial charge in [-0.1, -0.05) is 0 Å². The Balaban J connectivity index is 1.85. The van der Waals surface area contributed by atoms with E-state index in [1.54, 1.807) is 29.7 Å². The molecule has 0 fully saturated rings. The van der Waals surface area contributed by atoms with Crippen molar-refractivity contribution in [2.24, 2.45) is 0 Å². The van der Waals surface area contributed by atoms with E-state index in [4.69, 9.17) is 5.11 Å². The molecule has 0 saturated heterocycles. The van der Waals surface area contributed by atoms with Crippen molar-refractivity contribution in [3.63, 3.8) is 0 Å². The summed E-state index contributed by atoms with van der Waals surface area (Å²) in [6.07, 6.45) is 1.69. The predicted octanol–water partition coefficient (Wildman–Crippen LogP) is 3.66. The zero-order valence-corrected chi connectivity index (χ0v) is 13.4. The van der Waals surface area contributed by atoms with Gasteiger partial charge in [-0.3, -0.25) is 0 Å². The summed E-state index contributed by atoms with van der Waals surface area (Å²) in [5, 5.41) is 13.0. The number of anilines is 2. The number of hydrogen-bond acceptors (Lipinski definition) is 6. The number of hydrogen-bond donors (Lipinski definition) is 2. The molecule has 7 heteroatoms. The maximum absolute atomic E-state index is 10.9. The average Bonchev–Trinajstić information content (AvgIpc) is 2.87. The summed E-state index contributed by atoms with van der Waals surface area (Å²) in [5.41, 5.74) is 2.72. The van der Waals surface area contributed by atoms with E-state index in [9.17, 15) is 4.79 Å². The lowest BCUT2D eigenvalue weighted by atomic mass is 10.2. The molecule has 1 aromatic carbocycles. The molecule has 0 amide bonds. The SMILES string of the molecule is Cc1nc(C)c(-c2ccnc(Nc3ccc(C(=O)O)cc3)n2)s1. The van der Waals surface area contributed by atoms with Gasteiger partial charge in [0, 0.05) is 11.9 Å². The van der Waals surface area contributed by atoms with Gasteiger partial charge in [0.25, 0.3) is 0 Å². The monoisotopic (exact) mass is 326 g/mol. The summed E-state index contributed by atoms with van der Waals surface area (Å²) >= 11 is 1.59. The Bertz CT molecular complexity index is 859. The average molecular weight is 326 g/mol. The quantitative estimate of drug-likeness (QED) is 0.760. The Morgan fingerprint density at radius 3 is 2.48 bits per heavy atom. The molecule has 2 heterocycles. The number of aromatic carboxylic acids is 1. The molecule has 2 aromatic heterocycles. The van der Waals surface area contributed by atoms with E-state index in [-0.39, 0.29) is 5.56 Å². The van der Waals surface area contributed by atoms with E-state index in [1.807, 2.05) is 19.9 Å². The molecule has 23 heavy (non-hydrogen) atoms. The lowest BCUT2D eigenvalue weighted by molar-refractivity contribution is 0.0697. The molecule has 0 spiro atoms. The molecule has 0 bridgehead atoms. The van der Waals surface area contributed by atoms with Gasteiger partial charge >= 0.3 is 5.97 Å². The Kier molecular flexibility index (Phi) is 4.03. The Morgan fingerprint density at radius 1 is 1.13 bits per heavy atom. The van der Waals surface area contributed by atoms with Crippen molar-refractivity contribution in [2.45, 2.75) is 13.8 Å².